The lowest BCUT2D eigenvalue weighted by atomic mass is 10.3. The number of rotatable bonds is 0. The molecule has 0 aliphatic rings. The van der Waals surface area contributed by atoms with Crippen LogP contribution in [0.1, 0.15) is 0 Å². The van der Waals surface area contributed by atoms with Gasteiger partial charge in [-0.05, 0) is 12.1 Å². The molecule has 0 aromatic heterocycles. The zero-order valence-corrected chi connectivity index (χ0v) is 9.31. The van der Waals surface area contributed by atoms with Crippen LogP contribution in [-0.2, 0) is 10.4 Å². The topological polar surface area (TPSA) is 101 Å². The Morgan fingerprint density at radius 3 is 2.00 bits per heavy atom. The summed E-state index contributed by atoms with van der Waals surface area (Å²) in [6, 6.07) is 2.81. The summed E-state index contributed by atoms with van der Waals surface area (Å²) in [5.74, 6) is -0.664. The van der Waals surface area contributed by atoms with Gasteiger partial charge in [-0.1, -0.05) is 23.2 Å². The second-order valence-electron chi connectivity index (χ2n) is 2.21. The van der Waals surface area contributed by atoms with E-state index in [1.54, 1.807) is 0 Å². The molecule has 0 unspecified atom stereocenters. The molecule has 0 saturated heterocycles. The fraction of sp³-hybridized carbons (Fsp3) is 0. The van der Waals surface area contributed by atoms with Crippen LogP contribution in [0.15, 0.2) is 12.1 Å². The summed E-state index contributed by atoms with van der Waals surface area (Å²) in [4.78, 5) is 0. The fourth-order valence-corrected chi connectivity index (χ4v) is 0.911. The molecule has 0 saturated carbocycles. The zero-order valence-electron chi connectivity index (χ0n) is 6.99. The van der Waals surface area contributed by atoms with E-state index in [0.29, 0.717) is 0 Å². The van der Waals surface area contributed by atoms with Crippen molar-refractivity contribution in [1.82, 2.24) is 0 Å². The molecule has 0 heterocycles. The first kappa shape index (κ1) is 14.4. The van der Waals surface area contributed by atoms with Crippen LogP contribution in [0.3, 0.4) is 0 Å². The maximum atomic E-state index is 12.6. The number of nitrogens with two attached hydrogens (primary N) is 1. The predicted octanol–water partition coefficient (Wildman–Crippen LogP) is 2.06. The Balaban J connectivity index is 0.000000336. The van der Waals surface area contributed by atoms with Gasteiger partial charge in [0.15, 0.2) is 5.82 Å². The first-order valence-electron chi connectivity index (χ1n) is 3.21. The van der Waals surface area contributed by atoms with Crippen molar-refractivity contribution >= 4 is 39.3 Å². The van der Waals surface area contributed by atoms with E-state index in [1.165, 1.54) is 12.1 Å². The van der Waals surface area contributed by atoms with Gasteiger partial charge in [-0.2, -0.15) is 8.42 Å². The third-order valence-electron chi connectivity index (χ3n) is 1.07. The molecule has 0 aliphatic carbocycles. The molecule has 0 atom stereocenters. The van der Waals surface area contributed by atoms with Gasteiger partial charge in [0.25, 0.3) is 0 Å². The highest BCUT2D eigenvalue weighted by atomic mass is 35.5. The highest BCUT2D eigenvalue weighted by molar-refractivity contribution is 7.79. The van der Waals surface area contributed by atoms with Crippen molar-refractivity contribution in [3.8, 4) is 0 Å². The maximum Gasteiger partial charge on any atom is 0.394 e. The van der Waals surface area contributed by atoms with Crippen molar-refractivity contribution in [3.05, 3.63) is 28.0 Å². The smallest absolute Gasteiger partial charge is 0.394 e. The molecule has 86 valence electrons. The number of hydrogen-bond acceptors (Lipinski definition) is 3. The van der Waals surface area contributed by atoms with Gasteiger partial charge in [-0.15, -0.1) is 0 Å². The maximum absolute atomic E-state index is 12.6. The van der Waals surface area contributed by atoms with Crippen LogP contribution in [0.25, 0.3) is 0 Å². The molecule has 9 heteroatoms. The number of anilines is 1. The molecular weight excluding hydrogens is 272 g/mol. The Labute approximate surface area is 95.2 Å². The second-order valence-corrected chi connectivity index (χ2v) is 3.89. The minimum Gasteiger partial charge on any atom is -0.397 e. The van der Waals surface area contributed by atoms with Gasteiger partial charge in [0, 0.05) is 0 Å². The van der Waals surface area contributed by atoms with Crippen molar-refractivity contribution in [2.24, 2.45) is 0 Å². The Morgan fingerprint density at radius 1 is 1.27 bits per heavy atom. The van der Waals surface area contributed by atoms with Crippen LogP contribution in [-0.4, -0.2) is 17.5 Å². The van der Waals surface area contributed by atoms with Crippen LogP contribution in [0.5, 0.6) is 0 Å². The van der Waals surface area contributed by atoms with E-state index in [2.05, 4.69) is 0 Å². The molecule has 15 heavy (non-hydrogen) atoms. The lowest BCUT2D eigenvalue weighted by Gasteiger charge is -1.98. The molecular formula is C6H6Cl2FNO4S. The first-order valence-corrected chi connectivity index (χ1v) is 5.37. The summed E-state index contributed by atoms with van der Waals surface area (Å²) in [6.07, 6.45) is 0. The molecule has 1 rings (SSSR count). The molecule has 0 fully saturated rings. The summed E-state index contributed by atoms with van der Waals surface area (Å²) >= 11 is 10.8. The van der Waals surface area contributed by atoms with Gasteiger partial charge in [0.05, 0.1) is 10.7 Å². The van der Waals surface area contributed by atoms with Crippen molar-refractivity contribution in [3.63, 3.8) is 0 Å². The van der Waals surface area contributed by atoms with Gasteiger partial charge >= 0.3 is 10.4 Å². The van der Waals surface area contributed by atoms with Crippen LogP contribution in [0.4, 0.5) is 10.1 Å². The summed E-state index contributed by atoms with van der Waals surface area (Å²) < 4.78 is 44.2. The summed E-state index contributed by atoms with van der Waals surface area (Å²) in [6.45, 7) is 0. The zero-order chi connectivity index (χ0) is 12.2. The van der Waals surface area contributed by atoms with E-state index < -0.39 is 16.2 Å². The molecule has 1 aromatic carbocycles. The lowest BCUT2D eigenvalue weighted by molar-refractivity contribution is 0.381. The standard InChI is InChI=1S/C6H4Cl2FN.H2O4S/c7-3-1-2-4(10)5(8)6(3)9;1-5(2,3)4/h1-2H,10H2;(H2,1,2,3,4). The Bertz CT molecular complexity index is 416. The van der Waals surface area contributed by atoms with E-state index in [1.807, 2.05) is 0 Å². The van der Waals surface area contributed by atoms with Crippen LogP contribution >= 0.6 is 23.2 Å². The fourth-order valence-electron chi connectivity index (χ4n) is 0.541. The van der Waals surface area contributed by atoms with Crippen LogP contribution < -0.4 is 5.73 Å². The van der Waals surface area contributed by atoms with Gasteiger partial charge in [0.1, 0.15) is 5.02 Å². The predicted molar refractivity (Wildman–Crippen MR) is 55.0 cm³/mol. The van der Waals surface area contributed by atoms with Crippen molar-refractivity contribution in [2.45, 2.75) is 0 Å². The molecule has 0 aliphatic heterocycles. The molecule has 4 N–H and O–H groups in total. The molecule has 0 bridgehead atoms. The van der Waals surface area contributed by atoms with Gasteiger partial charge in [-0.3, -0.25) is 9.11 Å². The SMILES string of the molecule is Nc1ccc(Cl)c(F)c1Cl.O=S(=O)(O)O. The number of hydrogen-bond donors (Lipinski definition) is 3. The summed E-state index contributed by atoms with van der Waals surface area (Å²) in [5.41, 5.74) is 5.46. The molecule has 1 aromatic rings. The Morgan fingerprint density at radius 2 is 1.67 bits per heavy atom. The van der Waals surface area contributed by atoms with Gasteiger partial charge < -0.3 is 5.73 Å². The van der Waals surface area contributed by atoms with Crippen molar-refractivity contribution in [1.29, 1.82) is 0 Å². The van der Waals surface area contributed by atoms with Crippen LogP contribution in [0.2, 0.25) is 10.0 Å². The van der Waals surface area contributed by atoms with Gasteiger partial charge in [0.2, 0.25) is 0 Å². The normalized spacial score (nSPS) is 10.5. The van der Waals surface area contributed by atoms with E-state index in [-0.39, 0.29) is 15.7 Å². The summed E-state index contributed by atoms with van der Waals surface area (Å²) in [7, 11) is -4.67. The molecule has 0 amide bonds. The summed E-state index contributed by atoms with van der Waals surface area (Å²) in [5, 5.41) is -0.133. The Hall–Kier alpha value is -0.600. The van der Waals surface area contributed by atoms with Crippen molar-refractivity contribution in [2.75, 3.05) is 5.73 Å². The minimum atomic E-state index is -4.67. The van der Waals surface area contributed by atoms with E-state index in [9.17, 15) is 4.39 Å². The third kappa shape index (κ3) is 6.47. The van der Waals surface area contributed by atoms with Crippen LogP contribution in [0, 0.1) is 5.82 Å². The average Bonchev–Trinajstić information content (AvgIpc) is 2.05. The lowest BCUT2D eigenvalue weighted by Crippen LogP contribution is -1.89. The molecule has 0 radical (unpaired) electrons. The Kier molecular flexibility index (Phi) is 5.26. The average molecular weight is 278 g/mol. The van der Waals surface area contributed by atoms with E-state index >= 15 is 0 Å². The highest BCUT2D eigenvalue weighted by Gasteiger charge is 2.06. The van der Waals surface area contributed by atoms with E-state index in [0.717, 1.165) is 0 Å². The highest BCUT2D eigenvalue weighted by Crippen LogP contribution is 2.27. The third-order valence-corrected chi connectivity index (χ3v) is 1.74. The largest absolute Gasteiger partial charge is 0.397 e. The number of nitrogen functional groups attached to an aromatic ring is 1. The number of benzene rings is 1. The first-order chi connectivity index (χ1) is 6.63. The van der Waals surface area contributed by atoms with Crippen molar-refractivity contribution < 1.29 is 21.9 Å². The minimum absolute atomic E-state index is 0.0146. The quantitative estimate of drug-likeness (QED) is 0.383. The van der Waals surface area contributed by atoms with E-state index in [4.69, 9.17) is 46.5 Å². The van der Waals surface area contributed by atoms with Gasteiger partial charge in [-0.25, -0.2) is 4.39 Å². The number of halogens is 3. The monoisotopic (exact) mass is 277 g/mol. The molecule has 0 spiro atoms. The molecule has 5 nitrogen and oxygen atoms in total. The second kappa shape index (κ2) is 5.47.